The van der Waals surface area contributed by atoms with Crippen molar-refractivity contribution in [1.82, 2.24) is 0 Å². The minimum atomic E-state index is -0.271. The summed E-state index contributed by atoms with van der Waals surface area (Å²) in [6.45, 7) is 2.02. The van der Waals surface area contributed by atoms with E-state index in [0.29, 0.717) is 5.88 Å². The van der Waals surface area contributed by atoms with Crippen LogP contribution in [-0.2, 0) is 0 Å². The molecule has 0 spiro atoms. The summed E-state index contributed by atoms with van der Waals surface area (Å²) in [5.41, 5.74) is 1.10. The van der Waals surface area contributed by atoms with Gasteiger partial charge in [-0.3, -0.25) is 0 Å². The summed E-state index contributed by atoms with van der Waals surface area (Å²) in [6.07, 6.45) is 4.08. The van der Waals surface area contributed by atoms with Crippen LogP contribution in [0.2, 0.25) is 0 Å². The molecule has 2 rings (SSSR count). The molecule has 1 aliphatic heterocycles. The molecular formula is C12H14BClO2. The Labute approximate surface area is 101 Å². The topological polar surface area (TPSA) is 18.5 Å². The molecule has 0 amide bonds. The quantitative estimate of drug-likeness (QED) is 0.453. The lowest BCUT2D eigenvalue weighted by molar-refractivity contribution is 0.511. The van der Waals surface area contributed by atoms with Crippen molar-refractivity contribution in [3.8, 4) is 11.5 Å². The molecule has 1 aliphatic rings. The molecule has 84 valence electrons. The van der Waals surface area contributed by atoms with E-state index >= 15 is 0 Å². The molecule has 1 aromatic carbocycles. The Morgan fingerprint density at radius 1 is 1.31 bits per heavy atom. The summed E-state index contributed by atoms with van der Waals surface area (Å²) < 4.78 is 11.4. The highest BCUT2D eigenvalue weighted by atomic mass is 35.5. The molecule has 1 aromatic rings. The highest BCUT2D eigenvalue weighted by Crippen LogP contribution is 2.34. The van der Waals surface area contributed by atoms with E-state index in [1.165, 1.54) is 0 Å². The van der Waals surface area contributed by atoms with Crippen LogP contribution in [0, 0.1) is 0 Å². The molecule has 16 heavy (non-hydrogen) atoms. The lowest BCUT2D eigenvalue weighted by Gasteiger charge is -2.04. The van der Waals surface area contributed by atoms with E-state index in [0.717, 1.165) is 29.8 Å². The third kappa shape index (κ3) is 2.53. The van der Waals surface area contributed by atoms with E-state index in [9.17, 15) is 0 Å². The zero-order valence-electron chi connectivity index (χ0n) is 9.28. The Hall–Kier alpha value is -1.09. The Morgan fingerprint density at radius 2 is 1.94 bits per heavy atom. The number of para-hydroxylation sites is 2. The molecule has 0 fully saturated rings. The third-order valence-corrected chi connectivity index (χ3v) is 2.76. The predicted octanol–water partition coefficient (Wildman–Crippen LogP) is 3.45. The first-order valence-electron chi connectivity index (χ1n) is 5.46. The summed E-state index contributed by atoms with van der Waals surface area (Å²) in [6, 6.07) is 7.72. The molecule has 1 heterocycles. The molecule has 0 radical (unpaired) electrons. The lowest BCUT2D eigenvalue weighted by atomic mass is 9.79. The highest BCUT2D eigenvalue weighted by Gasteiger charge is 2.32. The van der Waals surface area contributed by atoms with E-state index < -0.39 is 0 Å². The molecule has 0 atom stereocenters. The van der Waals surface area contributed by atoms with Gasteiger partial charge in [0.05, 0.1) is 0 Å². The molecule has 0 unspecified atom stereocenters. The summed E-state index contributed by atoms with van der Waals surface area (Å²) in [5, 5.41) is 0. The van der Waals surface area contributed by atoms with Crippen molar-refractivity contribution in [1.29, 1.82) is 0 Å². The summed E-state index contributed by atoms with van der Waals surface area (Å²) in [5.74, 6) is 2.33. The van der Waals surface area contributed by atoms with Gasteiger partial charge >= 0.3 is 7.12 Å². The van der Waals surface area contributed by atoms with Gasteiger partial charge in [-0.15, -0.1) is 11.6 Å². The van der Waals surface area contributed by atoms with E-state index in [4.69, 9.17) is 20.9 Å². The van der Waals surface area contributed by atoms with Gasteiger partial charge in [0, 0.05) is 5.88 Å². The van der Waals surface area contributed by atoms with Crippen molar-refractivity contribution >= 4 is 18.7 Å². The average molecular weight is 237 g/mol. The fourth-order valence-corrected chi connectivity index (χ4v) is 1.74. The number of hydrogen-bond donors (Lipinski definition) is 0. The number of allylic oxidation sites excluding steroid dienone is 2. The third-order valence-electron chi connectivity index (χ3n) is 2.49. The first-order valence-corrected chi connectivity index (χ1v) is 5.99. The van der Waals surface area contributed by atoms with Crippen LogP contribution in [0.1, 0.15) is 19.8 Å². The maximum absolute atomic E-state index is 5.68. The van der Waals surface area contributed by atoms with E-state index in [1.54, 1.807) is 0 Å². The van der Waals surface area contributed by atoms with Gasteiger partial charge in [0.15, 0.2) is 0 Å². The van der Waals surface area contributed by atoms with Crippen molar-refractivity contribution in [3.05, 3.63) is 35.8 Å². The number of benzene rings is 1. The van der Waals surface area contributed by atoms with Crippen molar-refractivity contribution in [3.63, 3.8) is 0 Å². The number of hydrogen-bond acceptors (Lipinski definition) is 2. The van der Waals surface area contributed by atoms with Gasteiger partial charge in [0.25, 0.3) is 0 Å². The summed E-state index contributed by atoms with van der Waals surface area (Å²) >= 11 is 5.63. The van der Waals surface area contributed by atoms with Crippen LogP contribution in [0.5, 0.6) is 11.5 Å². The molecule has 0 aliphatic carbocycles. The monoisotopic (exact) mass is 236 g/mol. The van der Waals surface area contributed by atoms with Crippen LogP contribution in [0.3, 0.4) is 0 Å². The fourth-order valence-electron chi connectivity index (χ4n) is 1.59. The predicted molar refractivity (Wildman–Crippen MR) is 67.2 cm³/mol. The largest absolute Gasteiger partial charge is 0.627 e. The number of unbranched alkanes of at least 4 members (excludes halogenated alkanes) is 1. The molecule has 0 aromatic heterocycles. The number of halogens is 1. The second-order valence-electron chi connectivity index (χ2n) is 3.79. The normalized spacial score (nSPS) is 14.4. The van der Waals surface area contributed by atoms with Crippen molar-refractivity contribution in [2.24, 2.45) is 0 Å². The van der Waals surface area contributed by atoms with Crippen molar-refractivity contribution in [2.75, 3.05) is 5.88 Å². The summed E-state index contributed by atoms with van der Waals surface area (Å²) in [7, 11) is -0.271. The van der Waals surface area contributed by atoms with Crippen LogP contribution in [-0.4, -0.2) is 13.0 Å². The second-order valence-corrected chi connectivity index (χ2v) is 4.17. The van der Waals surface area contributed by atoms with Gasteiger partial charge in [-0.1, -0.05) is 18.2 Å². The second kappa shape index (κ2) is 5.31. The molecule has 4 heteroatoms. The Balaban J connectivity index is 1.98. The lowest BCUT2D eigenvalue weighted by Crippen LogP contribution is -2.26. The van der Waals surface area contributed by atoms with Gasteiger partial charge in [-0.05, 0) is 37.4 Å². The Bertz CT molecular complexity index is 367. The van der Waals surface area contributed by atoms with Crippen molar-refractivity contribution < 1.29 is 9.31 Å². The van der Waals surface area contributed by atoms with Gasteiger partial charge in [-0.2, -0.15) is 0 Å². The highest BCUT2D eigenvalue weighted by molar-refractivity contribution is 6.56. The summed E-state index contributed by atoms with van der Waals surface area (Å²) in [4.78, 5) is 0. The fraction of sp³-hybridized carbons (Fsp3) is 0.333. The van der Waals surface area contributed by atoms with E-state index in [-0.39, 0.29) is 7.12 Å². The zero-order valence-corrected chi connectivity index (χ0v) is 10.0. The van der Waals surface area contributed by atoms with Gasteiger partial charge in [-0.25, -0.2) is 0 Å². The smallest absolute Gasteiger partial charge is 0.519 e. The number of alkyl halides is 1. The maximum atomic E-state index is 5.68. The molecule has 0 N–H and O–H groups in total. The van der Waals surface area contributed by atoms with Crippen LogP contribution >= 0.6 is 11.6 Å². The van der Waals surface area contributed by atoms with Crippen LogP contribution in [0.15, 0.2) is 35.8 Å². The SMILES string of the molecule is C/C(=C\CCCCl)B1Oc2ccccc2O1. The van der Waals surface area contributed by atoms with Crippen LogP contribution in [0.25, 0.3) is 0 Å². The minimum absolute atomic E-state index is 0.271. The van der Waals surface area contributed by atoms with Gasteiger partial charge in [0.2, 0.25) is 0 Å². The Morgan fingerprint density at radius 3 is 2.50 bits per heavy atom. The number of fused-ring (bicyclic) bond motifs is 1. The van der Waals surface area contributed by atoms with E-state index in [1.807, 2.05) is 31.2 Å². The van der Waals surface area contributed by atoms with Crippen LogP contribution in [0.4, 0.5) is 0 Å². The standard InChI is InChI=1S/C12H14BClO2/c1-10(6-4-5-9-14)13-15-11-7-2-3-8-12(11)16-13/h2-3,6-8H,4-5,9H2,1H3/b10-6+. The molecule has 0 saturated heterocycles. The van der Waals surface area contributed by atoms with Gasteiger partial charge in [0.1, 0.15) is 11.5 Å². The molecule has 2 nitrogen and oxygen atoms in total. The Kier molecular flexibility index (Phi) is 3.78. The first-order chi connectivity index (χ1) is 7.81. The van der Waals surface area contributed by atoms with Crippen LogP contribution < -0.4 is 9.31 Å². The molecular weight excluding hydrogens is 222 g/mol. The average Bonchev–Trinajstić information content (AvgIpc) is 2.73. The van der Waals surface area contributed by atoms with Gasteiger partial charge < -0.3 is 9.31 Å². The van der Waals surface area contributed by atoms with Crippen molar-refractivity contribution in [2.45, 2.75) is 19.8 Å². The molecule has 0 saturated carbocycles. The maximum Gasteiger partial charge on any atom is 0.627 e. The minimum Gasteiger partial charge on any atom is -0.519 e. The first kappa shape index (κ1) is 11.4. The molecule has 0 bridgehead atoms. The number of rotatable bonds is 4. The van der Waals surface area contributed by atoms with E-state index in [2.05, 4.69) is 6.08 Å². The zero-order chi connectivity index (χ0) is 11.4.